The molecule has 1 unspecified atom stereocenters. The minimum atomic E-state index is -0.823. The fourth-order valence-corrected chi connectivity index (χ4v) is 2.64. The lowest BCUT2D eigenvalue weighted by atomic mass is 10.1. The van der Waals surface area contributed by atoms with Gasteiger partial charge in [0.15, 0.2) is 11.6 Å². The van der Waals surface area contributed by atoms with Crippen LogP contribution in [0.25, 0.3) is 0 Å². The lowest BCUT2D eigenvalue weighted by Gasteiger charge is -2.12. The molecule has 0 amide bonds. The molecule has 2 aromatic carbocycles. The summed E-state index contributed by atoms with van der Waals surface area (Å²) in [4.78, 5) is 0.698. The first-order valence-electron chi connectivity index (χ1n) is 5.53. The molecule has 0 aliphatic heterocycles. The first-order valence-corrected chi connectivity index (χ1v) is 6.41. The second-order valence-corrected chi connectivity index (χ2v) is 5.42. The molecule has 18 heavy (non-hydrogen) atoms. The van der Waals surface area contributed by atoms with Crippen LogP contribution >= 0.6 is 11.8 Å². The molecule has 2 aromatic rings. The second-order valence-electron chi connectivity index (χ2n) is 4.01. The van der Waals surface area contributed by atoms with Crippen LogP contribution in [0.15, 0.2) is 47.4 Å². The highest BCUT2D eigenvalue weighted by Crippen LogP contribution is 2.35. The zero-order valence-electron chi connectivity index (χ0n) is 9.86. The molecule has 1 atom stereocenters. The number of benzene rings is 2. The lowest BCUT2D eigenvalue weighted by molar-refractivity contribution is 0.506. The largest absolute Gasteiger partial charge is 0.399 e. The standard InChI is InChI=1S/C14H13F2NS/c1-9(10-3-2-4-11(17)7-10)18-12-5-6-13(15)14(16)8-12/h2-9H,17H2,1H3. The Morgan fingerprint density at radius 3 is 2.50 bits per heavy atom. The molecule has 0 aromatic heterocycles. The molecular weight excluding hydrogens is 252 g/mol. The van der Waals surface area contributed by atoms with Crippen molar-refractivity contribution in [3.8, 4) is 0 Å². The van der Waals surface area contributed by atoms with Gasteiger partial charge in [-0.25, -0.2) is 8.78 Å². The summed E-state index contributed by atoms with van der Waals surface area (Å²) in [6.07, 6.45) is 0. The molecule has 0 heterocycles. The van der Waals surface area contributed by atoms with Crippen LogP contribution in [0.4, 0.5) is 14.5 Å². The zero-order chi connectivity index (χ0) is 13.1. The van der Waals surface area contributed by atoms with Crippen molar-refractivity contribution in [2.45, 2.75) is 17.1 Å². The summed E-state index contributed by atoms with van der Waals surface area (Å²) >= 11 is 1.47. The third kappa shape index (κ3) is 3.01. The summed E-state index contributed by atoms with van der Waals surface area (Å²) in [7, 11) is 0. The normalized spacial score (nSPS) is 12.4. The van der Waals surface area contributed by atoms with Crippen molar-refractivity contribution in [2.75, 3.05) is 5.73 Å². The number of nitrogens with two attached hydrogens (primary N) is 1. The van der Waals surface area contributed by atoms with Crippen molar-refractivity contribution in [1.82, 2.24) is 0 Å². The van der Waals surface area contributed by atoms with Gasteiger partial charge >= 0.3 is 0 Å². The summed E-state index contributed by atoms with van der Waals surface area (Å²) in [6, 6.07) is 11.5. The van der Waals surface area contributed by atoms with E-state index in [0.717, 1.165) is 11.6 Å². The summed E-state index contributed by atoms with van der Waals surface area (Å²) < 4.78 is 25.9. The summed E-state index contributed by atoms with van der Waals surface area (Å²) in [5, 5.41) is 0.123. The molecule has 0 fully saturated rings. The molecule has 0 aliphatic carbocycles. The Morgan fingerprint density at radius 2 is 1.83 bits per heavy atom. The van der Waals surface area contributed by atoms with Gasteiger partial charge in [-0.1, -0.05) is 12.1 Å². The molecule has 0 saturated heterocycles. The van der Waals surface area contributed by atoms with Gasteiger partial charge in [-0.3, -0.25) is 0 Å². The van der Waals surface area contributed by atoms with Crippen molar-refractivity contribution in [2.24, 2.45) is 0 Å². The quantitative estimate of drug-likeness (QED) is 0.657. The topological polar surface area (TPSA) is 26.0 Å². The number of rotatable bonds is 3. The van der Waals surface area contributed by atoms with Gasteiger partial charge in [-0.2, -0.15) is 0 Å². The molecule has 4 heteroatoms. The Bertz CT molecular complexity index is 557. The minimum Gasteiger partial charge on any atom is -0.399 e. The first kappa shape index (κ1) is 12.9. The average molecular weight is 265 g/mol. The fraction of sp³-hybridized carbons (Fsp3) is 0.143. The van der Waals surface area contributed by atoms with Gasteiger partial charge in [0.2, 0.25) is 0 Å². The molecule has 0 bridgehead atoms. The van der Waals surface area contributed by atoms with E-state index in [4.69, 9.17) is 5.73 Å². The predicted molar refractivity (Wildman–Crippen MR) is 71.5 cm³/mol. The highest BCUT2D eigenvalue weighted by molar-refractivity contribution is 7.99. The highest BCUT2D eigenvalue weighted by atomic mass is 32.2. The van der Waals surface area contributed by atoms with E-state index >= 15 is 0 Å². The van der Waals surface area contributed by atoms with E-state index in [1.807, 2.05) is 31.2 Å². The fourth-order valence-electron chi connectivity index (χ4n) is 1.63. The van der Waals surface area contributed by atoms with E-state index in [1.54, 1.807) is 6.07 Å². The second kappa shape index (κ2) is 5.40. The third-order valence-corrected chi connectivity index (χ3v) is 3.74. The lowest BCUT2D eigenvalue weighted by Crippen LogP contribution is -1.92. The van der Waals surface area contributed by atoms with Crippen LogP contribution in [0, 0.1) is 11.6 Å². The van der Waals surface area contributed by atoms with Gasteiger partial charge < -0.3 is 5.73 Å². The minimum absolute atomic E-state index is 0.123. The number of anilines is 1. The SMILES string of the molecule is CC(Sc1ccc(F)c(F)c1)c1cccc(N)c1. The van der Waals surface area contributed by atoms with Gasteiger partial charge in [0.05, 0.1) is 0 Å². The van der Waals surface area contributed by atoms with E-state index in [0.29, 0.717) is 10.6 Å². The Morgan fingerprint density at radius 1 is 1.06 bits per heavy atom. The van der Waals surface area contributed by atoms with Crippen LogP contribution in [0.1, 0.15) is 17.7 Å². The van der Waals surface area contributed by atoms with Crippen LogP contribution in [0.3, 0.4) is 0 Å². The zero-order valence-corrected chi connectivity index (χ0v) is 10.7. The molecule has 0 saturated carbocycles. The van der Waals surface area contributed by atoms with Crippen LogP contribution in [-0.2, 0) is 0 Å². The number of nitrogen functional groups attached to an aromatic ring is 1. The number of hydrogen-bond acceptors (Lipinski definition) is 2. The number of halogens is 2. The van der Waals surface area contributed by atoms with E-state index in [2.05, 4.69) is 0 Å². The summed E-state index contributed by atoms with van der Waals surface area (Å²) in [5.74, 6) is -1.64. The summed E-state index contributed by atoms with van der Waals surface area (Å²) in [6.45, 7) is 2.00. The van der Waals surface area contributed by atoms with Crippen LogP contribution in [-0.4, -0.2) is 0 Å². The molecular formula is C14H13F2NS. The molecule has 1 nitrogen and oxygen atoms in total. The smallest absolute Gasteiger partial charge is 0.159 e. The van der Waals surface area contributed by atoms with E-state index in [1.165, 1.54) is 17.8 Å². The molecule has 0 radical (unpaired) electrons. The maximum atomic E-state index is 13.1. The highest BCUT2D eigenvalue weighted by Gasteiger charge is 2.09. The van der Waals surface area contributed by atoms with Gasteiger partial charge in [-0.05, 0) is 42.8 Å². The van der Waals surface area contributed by atoms with Crippen LogP contribution < -0.4 is 5.73 Å². The van der Waals surface area contributed by atoms with Crippen LogP contribution in [0.2, 0.25) is 0 Å². The molecule has 2 N–H and O–H groups in total. The Labute approximate surface area is 109 Å². The van der Waals surface area contributed by atoms with Crippen molar-refractivity contribution in [3.05, 3.63) is 59.7 Å². The van der Waals surface area contributed by atoms with Gasteiger partial charge in [-0.15, -0.1) is 11.8 Å². The molecule has 2 rings (SSSR count). The molecule has 0 spiro atoms. The van der Waals surface area contributed by atoms with Crippen molar-refractivity contribution in [3.63, 3.8) is 0 Å². The average Bonchev–Trinajstić information content (AvgIpc) is 2.34. The first-order chi connectivity index (χ1) is 8.56. The maximum absolute atomic E-state index is 13.1. The Hall–Kier alpha value is -1.55. The van der Waals surface area contributed by atoms with E-state index < -0.39 is 11.6 Å². The van der Waals surface area contributed by atoms with Crippen molar-refractivity contribution < 1.29 is 8.78 Å². The van der Waals surface area contributed by atoms with Crippen molar-refractivity contribution >= 4 is 17.4 Å². The molecule has 0 aliphatic rings. The maximum Gasteiger partial charge on any atom is 0.159 e. The van der Waals surface area contributed by atoms with Crippen LogP contribution in [0.5, 0.6) is 0 Å². The Balaban J connectivity index is 2.16. The van der Waals surface area contributed by atoms with Gasteiger partial charge in [0, 0.05) is 15.8 Å². The number of hydrogen-bond donors (Lipinski definition) is 1. The van der Waals surface area contributed by atoms with Crippen molar-refractivity contribution in [1.29, 1.82) is 0 Å². The van der Waals surface area contributed by atoms with E-state index in [-0.39, 0.29) is 5.25 Å². The van der Waals surface area contributed by atoms with Gasteiger partial charge in [0.1, 0.15) is 0 Å². The molecule has 94 valence electrons. The Kier molecular flexibility index (Phi) is 3.87. The third-order valence-electron chi connectivity index (χ3n) is 2.58. The monoisotopic (exact) mass is 265 g/mol. The van der Waals surface area contributed by atoms with Gasteiger partial charge in [0.25, 0.3) is 0 Å². The van der Waals surface area contributed by atoms with E-state index in [9.17, 15) is 8.78 Å². The summed E-state index contributed by atoms with van der Waals surface area (Å²) in [5.41, 5.74) is 7.47. The predicted octanol–water partition coefficient (Wildman–Crippen LogP) is 4.40. The number of thioether (sulfide) groups is 1.